The Kier molecular flexibility index (Phi) is 5.85. The highest BCUT2D eigenvalue weighted by molar-refractivity contribution is 6.31. The van der Waals surface area contributed by atoms with E-state index in [2.05, 4.69) is 25.9 Å². The Morgan fingerprint density at radius 2 is 2.16 bits per heavy atom. The molecule has 0 radical (unpaired) electrons. The third-order valence-electron chi connectivity index (χ3n) is 4.72. The van der Waals surface area contributed by atoms with E-state index in [1.165, 1.54) is 0 Å². The highest BCUT2D eigenvalue weighted by Gasteiger charge is 2.19. The number of para-hydroxylation sites is 1. The Hall–Kier alpha value is -3.47. The van der Waals surface area contributed by atoms with Crippen LogP contribution in [0.4, 0.5) is 5.69 Å². The largest absolute Gasteiger partial charge is 0.489 e. The molecule has 0 fully saturated rings. The first-order valence-electron chi connectivity index (χ1n) is 9.33. The van der Waals surface area contributed by atoms with E-state index >= 15 is 0 Å². The monoisotopic (exact) mass is 442 g/mol. The number of halogens is 1. The fourth-order valence-corrected chi connectivity index (χ4v) is 3.41. The fraction of sp³-hybridized carbons (Fsp3) is 0.200. The van der Waals surface area contributed by atoms with Crippen LogP contribution in [-0.2, 0) is 7.05 Å². The van der Waals surface area contributed by atoms with Gasteiger partial charge in [0.05, 0.1) is 17.8 Å². The molecule has 160 valence electrons. The number of hydrogen-bond donors (Lipinski definition) is 4. The minimum absolute atomic E-state index is 0.0678. The van der Waals surface area contributed by atoms with Crippen LogP contribution >= 0.6 is 11.6 Å². The first-order chi connectivity index (χ1) is 15.0. The Labute approximate surface area is 181 Å². The number of H-pyrrole nitrogens is 1. The molecule has 0 saturated carbocycles. The number of aromatic amines is 1. The Bertz CT molecular complexity index is 1220. The molecule has 10 nitrogen and oxygen atoms in total. The summed E-state index contributed by atoms with van der Waals surface area (Å²) in [6.45, 7) is -0.470. The molecular weight excluding hydrogens is 424 g/mol. The standard InChI is InChI=1S/C20H19ClN6O4/c1-27-16(7-11-3-2-4-17(18(11)27)31-10-13(29)9-28)20(30)22-15-6-5-12(21)8-14(15)19-23-25-26-24-19/h2-8,13,28-29H,9-10H2,1H3,(H,22,30)(H,23,24,25,26)/t13-/m1/s1. The summed E-state index contributed by atoms with van der Waals surface area (Å²) < 4.78 is 7.35. The van der Waals surface area contributed by atoms with E-state index in [-0.39, 0.29) is 12.5 Å². The van der Waals surface area contributed by atoms with Crippen LogP contribution in [0.15, 0.2) is 42.5 Å². The Morgan fingerprint density at radius 1 is 1.32 bits per heavy atom. The molecule has 4 N–H and O–H groups in total. The second-order valence-corrected chi connectivity index (χ2v) is 7.26. The van der Waals surface area contributed by atoms with Crippen LogP contribution in [0.1, 0.15) is 10.5 Å². The minimum Gasteiger partial charge on any atom is -0.489 e. The molecule has 0 bridgehead atoms. The van der Waals surface area contributed by atoms with Crippen LogP contribution in [-0.4, -0.2) is 60.6 Å². The number of hydrogen-bond acceptors (Lipinski definition) is 7. The first kappa shape index (κ1) is 20.8. The molecule has 4 aromatic rings. The molecule has 0 aliphatic rings. The second kappa shape index (κ2) is 8.72. The van der Waals surface area contributed by atoms with Crippen LogP contribution in [0.2, 0.25) is 5.02 Å². The van der Waals surface area contributed by atoms with E-state index in [1.54, 1.807) is 48.0 Å². The van der Waals surface area contributed by atoms with Crippen molar-refractivity contribution in [3.63, 3.8) is 0 Å². The van der Waals surface area contributed by atoms with Crippen molar-refractivity contribution in [2.24, 2.45) is 7.05 Å². The van der Waals surface area contributed by atoms with Crippen molar-refractivity contribution >= 4 is 34.1 Å². The number of nitrogens with zero attached hydrogens (tertiary/aromatic N) is 4. The van der Waals surface area contributed by atoms with Crippen molar-refractivity contribution in [1.29, 1.82) is 0 Å². The highest BCUT2D eigenvalue weighted by atomic mass is 35.5. The average Bonchev–Trinajstić information content (AvgIpc) is 3.42. The number of tetrazole rings is 1. The van der Waals surface area contributed by atoms with Crippen molar-refractivity contribution in [2.75, 3.05) is 18.5 Å². The number of aliphatic hydroxyl groups excluding tert-OH is 2. The summed E-state index contributed by atoms with van der Waals surface area (Å²) in [5.41, 5.74) is 2.12. The zero-order valence-electron chi connectivity index (χ0n) is 16.4. The van der Waals surface area contributed by atoms with Gasteiger partial charge in [0.2, 0.25) is 0 Å². The summed E-state index contributed by atoms with van der Waals surface area (Å²) in [5.74, 6) is 0.510. The van der Waals surface area contributed by atoms with E-state index in [0.717, 1.165) is 5.39 Å². The second-order valence-electron chi connectivity index (χ2n) is 6.82. The summed E-state index contributed by atoms with van der Waals surface area (Å²) in [6.07, 6.45) is -0.993. The summed E-state index contributed by atoms with van der Waals surface area (Å²) >= 11 is 6.10. The maximum atomic E-state index is 13.1. The molecule has 2 aromatic heterocycles. The van der Waals surface area contributed by atoms with Gasteiger partial charge >= 0.3 is 0 Å². The van der Waals surface area contributed by atoms with Gasteiger partial charge in [0.25, 0.3) is 5.91 Å². The number of amides is 1. The molecule has 0 aliphatic heterocycles. The van der Waals surface area contributed by atoms with Crippen molar-refractivity contribution < 1.29 is 19.7 Å². The lowest BCUT2D eigenvalue weighted by atomic mass is 10.1. The number of rotatable bonds is 7. The number of nitrogens with one attached hydrogen (secondary N) is 2. The quantitative estimate of drug-likeness (QED) is 0.343. The van der Waals surface area contributed by atoms with Crippen LogP contribution in [0.5, 0.6) is 5.75 Å². The van der Waals surface area contributed by atoms with Gasteiger partial charge in [-0.05, 0) is 40.8 Å². The van der Waals surface area contributed by atoms with E-state index in [9.17, 15) is 9.90 Å². The SMILES string of the molecule is Cn1c(C(=O)Nc2ccc(Cl)cc2-c2nnn[nH]2)cc2cccc(OC[C@H](O)CO)c21. The molecule has 2 aromatic carbocycles. The lowest BCUT2D eigenvalue weighted by Gasteiger charge is -2.13. The van der Waals surface area contributed by atoms with E-state index < -0.39 is 12.7 Å². The Balaban J connectivity index is 1.66. The molecule has 31 heavy (non-hydrogen) atoms. The van der Waals surface area contributed by atoms with E-state index in [1.807, 2.05) is 6.07 Å². The number of benzene rings is 2. The molecular formula is C20H19ClN6O4. The number of aliphatic hydroxyl groups is 2. The van der Waals surface area contributed by atoms with Gasteiger partial charge < -0.3 is 24.8 Å². The molecule has 1 atom stereocenters. The normalized spacial score (nSPS) is 12.1. The Morgan fingerprint density at radius 3 is 2.90 bits per heavy atom. The predicted octanol–water partition coefficient (Wildman–Crippen LogP) is 2.00. The zero-order chi connectivity index (χ0) is 22.0. The van der Waals surface area contributed by atoms with Crippen LogP contribution in [0, 0.1) is 0 Å². The highest BCUT2D eigenvalue weighted by Crippen LogP contribution is 2.31. The summed E-state index contributed by atoms with van der Waals surface area (Å²) in [7, 11) is 1.75. The maximum absolute atomic E-state index is 13.1. The van der Waals surface area contributed by atoms with Crippen LogP contribution in [0.25, 0.3) is 22.3 Å². The van der Waals surface area contributed by atoms with Crippen molar-refractivity contribution in [3.8, 4) is 17.1 Å². The lowest BCUT2D eigenvalue weighted by molar-refractivity contribution is 0.0540. The van der Waals surface area contributed by atoms with Crippen molar-refractivity contribution in [3.05, 3.63) is 53.2 Å². The molecule has 11 heteroatoms. The summed E-state index contributed by atoms with van der Waals surface area (Å²) in [4.78, 5) is 13.1. The number of carbonyl (C=O) groups excluding carboxylic acids is 1. The van der Waals surface area contributed by atoms with Gasteiger partial charge in [-0.3, -0.25) is 4.79 Å². The molecule has 0 saturated heterocycles. The average molecular weight is 443 g/mol. The van der Waals surface area contributed by atoms with Crippen molar-refractivity contribution in [1.82, 2.24) is 25.2 Å². The number of aryl methyl sites for hydroxylation is 1. The third kappa shape index (κ3) is 4.22. The molecule has 0 aliphatic carbocycles. The van der Waals surface area contributed by atoms with Crippen LogP contribution in [0.3, 0.4) is 0 Å². The minimum atomic E-state index is -0.993. The number of aromatic nitrogens is 5. The van der Waals surface area contributed by atoms with E-state index in [0.29, 0.717) is 39.1 Å². The number of fused-ring (bicyclic) bond motifs is 1. The first-order valence-corrected chi connectivity index (χ1v) is 9.71. The zero-order valence-corrected chi connectivity index (χ0v) is 17.2. The molecule has 0 spiro atoms. The lowest BCUT2D eigenvalue weighted by Crippen LogP contribution is -2.21. The van der Waals surface area contributed by atoms with Gasteiger partial charge in [0.15, 0.2) is 5.82 Å². The van der Waals surface area contributed by atoms with Gasteiger partial charge in [-0.1, -0.05) is 23.7 Å². The summed E-state index contributed by atoms with van der Waals surface area (Å²) in [5, 5.41) is 36.4. The fourth-order valence-electron chi connectivity index (χ4n) is 3.23. The van der Waals surface area contributed by atoms with Crippen molar-refractivity contribution in [2.45, 2.75) is 6.10 Å². The van der Waals surface area contributed by atoms with Gasteiger partial charge in [-0.2, -0.15) is 0 Å². The van der Waals surface area contributed by atoms with Gasteiger partial charge in [-0.25, -0.2) is 5.10 Å². The molecule has 2 heterocycles. The van der Waals surface area contributed by atoms with Gasteiger partial charge in [0, 0.05) is 23.0 Å². The molecule has 0 unspecified atom stereocenters. The number of carbonyl (C=O) groups is 1. The maximum Gasteiger partial charge on any atom is 0.272 e. The topological polar surface area (TPSA) is 138 Å². The van der Waals surface area contributed by atoms with Gasteiger partial charge in [-0.15, -0.1) is 5.10 Å². The summed E-state index contributed by atoms with van der Waals surface area (Å²) in [6, 6.07) is 12.1. The smallest absolute Gasteiger partial charge is 0.272 e. The number of ether oxygens (including phenoxy) is 1. The molecule has 4 rings (SSSR count). The van der Waals surface area contributed by atoms with E-state index in [4.69, 9.17) is 21.4 Å². The molecule has 1 amide bonds. The predicted molar refractivity (Wildman–Crippen MR) is 114 cm³/mol. The third-order valence-corrected chi connectivity index (χ3v) is 4.96. The van der Waals surface area contributed by atoms with Gasteiger partial charge in [0.1, 0.15) is 24.2 Å². The number of anilines is 1. The van der Waals surface area contributed by atoms with Crippen LogP contribution < -0.4 is 10.1 Å².